The fourth-order valence-electron chi connectivity index (χ4n) is 4.18. The molecule has 2 aromatic carbocycles. The molecule has 1 aliphatic rings. The molecule has 0 radical (unpaired) electrons. The third-order valence-electron chi connectivity index (χ3n) is 5.93. The van der Waals surface area contributed by atoms with Crippen molar-refractivity contribution < 1.29 is 18.8 Å². The number of carbonyl (C=O) groups excluding carboxylic acids is 1. The summed E-state index contributed by atoms with van der Waals surface area (Å²) in [7, 11) is 1.64. The highest BCUT2D eigenvalue weighted by molar-refractivity contribution is 5.78. The number of furan rings is 1. The van der Waals surface area contributed by atoms with Crippen LogP contribution in [0.1, 0.15) is 17.4 Å². The zero-order valence-electron chi connectivity index (χ0n) is 17.9. The molecule has 1 aromatic heterocycles. The van der Waals surface area contributed by atoms with Gasteiger partial charge in [-0.3, -0.25) is 4.79 Å². The topological polar surface area (TPSA) is 59.1 Å². The van der Waals surface area contributed by atoms with Crippen molar-refractivity contribution >= 4 is 11.6 Å². The van der Waals surface area contributed by atoms with Gasteiger partial charge in [-0.25, -0.2) is 0 Å². The Hall–Kier alpha value is -3.25. The van der Waals surface area contributed by atoms with Crippen molar-refractivity contribution in [2.24, 2.45) is 0 Å². The van der Waals surface area contributed by atoms with Gasteiger partial charge in [0.05, 0.1) is 52.5 Å². The van der Waals surface area contributed by atoms with Crippen molar-refractivity contribution in [1.82, 2.24) is 5.32 Å². The van der Waals surface area contributed by atoms with E-state index in [0.717, 1.165) is 43.3 Å². The normalized spacial score (nSPS) is 15.5. The molecule has 2 heterocycles. The summed E-state index contributed by atoms with van der Waals surface area (Å²) < 4.78 is 10.9. The zero-order chi connectivity index (χ0) is 21.5. The smallest absolute Gasteiger partial charge is 0.224 e. The highest BCUT2D eigenvalue weighted by Crippen LogP contribution is 2.15. The molecule has 4 rings (SSSR count). The summed E-state index contributed by atoms with van der Waals surface area (Å²) in [6, 6.07) is 22.2. The largest absolute Gasteiger partial charge is 0.497 e. The van der Waals surface area contributed by atoms with Crippen LogP contribution < -0.4 is 19.9 Å². The maximum atomic E-state index is 12.6. The number of anilines is 1. The van der Waals surface area contributed by atoms with Gasteiger partial charge in [0.25, 0.3) is 0 Å². The number of rotatable bonds is 8. The molecule has 0 saturated carbocycles. The molecule has 1 aliphatic heterocycles. The second-order valence-electron chi connectivity index (χ2n) is 7.88. The van der Waals surface area contributed by atoms with E-state index in [0.29, 0.717) is 13.0 Å². The molecule has 1 saturated heterocycles. The quantitative estimate of drug-likeness (QED) is 0.586. The van der Waals surface area contributed by atoms with E-state index in [-0.39, 0.29) is 11.9 Å². The summed E-state index contributed by atoms with van der Waals surface area (Å²) >= 11 is 0. The summed E-state index contributed by atoms with van der Waals surface area (Å²) in [5.41, 5.74) is 2.24. The number of ether oxygens (including phenoxy) is 1. The van der Waals surface area contributed by atoms with Crippen molar-refractivity contribution in [3.05, 3.63) is 84.3 Å². The van der Waals surface area contributed by atoms with Gasteiger partial charge in [0.1, 0.15) is 5.75 Å². The van der Waals surface area contributed by atoms with Crippen LogP contribution in [-0.2, 0) is 11.2 Å². The Bertz CT molecular complexity index is 934. The van der Waals surface area contributed by atoms with Crippen LogP contribution in [0, 0.1) is 0 Å². The third kappa shape index (κ3) is 5.47. The number of hydrogen-bond donors (Lipinski definition) is 2. The maximum Gasteiger partial charge on any atom is 0.224 e. The van der Waals surface area contributed by atoms with Crippen LogP contribution in [0.4, 0.5) is 5.69 Å². The van der Waals surface area contributed by atoms with E-state index in [4.69, 9.17) is 9.15 Å². The highest BCUT2D eigenvalue weighted by atomic mass is 16.5. The first-order valence-corrected chi connectivity index (χ1v) is 10.8. The van der Waals surface area contributed by atoms with Gasteiger partial charge in [0, 0.05) is 5.69 Å². The van der Waals surface area contributed by atoms with Crippen LogP contribution in [0.5, 0.6) is 5.75 Å². The van der Waals surface area contributed by atoms with Crippen molar-refractivity contribution in [1.29, 1.82) is 0 Å². The lowest BCUT2D eigenvalue weighted by molar-refractivity contribution is -0.932. The van der Waals surface area contributed by atoms with E-state index in [1.807, 2.05) is 42.5 Å². The molecule has 6 nitrogen and oxygen atoms in total. The van der Waals surface area contributed by atoms with Crippen LogP contribution in [0.2, 0.25) is 0 Å². The van der Waals surface area contributed by atoms with E-state index < -0.39 is 0 Å². The monoisotopic (exact) mass is 420 g/mol. The van der Waals surface area contributed by atoms with Gasteiger partial charge in [-0.2, -0.15) is 0 Å². The first-order valence-electron chi connectivity index (χ1n) is 10.8. The van der Waals surface area contributed by atoms with Gasteiger partial charge in [-0.15, -0.1) is 0 Å². The average molecular weight is 421 g/mol. The first-order chi connectivity index (χ1) is 15.2. The van der Waals surface area contributed by atoms with Crippen LogP contribution in [0.25, 0.3) is 0 Å². The first kappa shape index (κ1) is 21.0. The van der Waals surface area contributed by atoms with Crippen LogP contribution in [-0.4, -0.2) is 45.7 Å². The van der Waals surface area contributed by atoms with Crippen molar-refractivity contribution in [2.45, 2.75) is 12.5 Å². The minimum Gasteiger partial charge on any atom is -0.497 e. The molecule has 0 spiro atoms. The molecule has 3 aromatic rings. The molecule has 1 amide bonds. The molecule has 0 unspecified atom stereocenters. The number of amides is 1. The Morgan fingerprint density at radius 3 is 2.45 bits per heavy atom. The van der Waals surface area contributed by atoms with Gasteiger partial charge < -0.3 is 24.3 Å². The van der Waals surface area contributed by atoms with E-state index in [2.05, 4.69) is 34.5 Å². The minimum atomic E-state index is 0.0176. The van der Waals surface area contributed by atoms with Crippen LogP contribution in [0.3, 0.4) is 0 Å². The average Bonchev–Trinajstić information content (AvgIpc) is 3.35. The fraction of sp³-hybridized carbons (Fsp3) is 0.320. The van der Waals surface area contributed by atoms with Crippen molar-refractivity contribution in [3.63, 3.8) is 0 Å². The lowest BCUT2D eigenvalue weighted by Crippen LogP contribution is -3.15. The van der Waals surface area contributed by atoms with Crippen LogP contribution >= 0.6 is 0 Å². The summed E-state index contributed by atoms with van der Waals surface area (Å²) in [5, 5.41) is 3.12. The number of nitrogens with zero attached hydrogens (tertiary/aromatic N) is 1. The van der Waals surface area contributed by atoms with Gasteiger partial charge >= 0.3 is 0 Å². The number of methoxy groups -OCH3 is 1. The minimum absolute atomic E-state index is 0.0176. The highest BCUT2D eigenvalue weighted by Gasteiger charge is 2.30. The van der Waals surface area contributed by atoms with Gasteiger partial charge in [0.2, 0.25) is 5.91 Å². The summed E-state index contributed by atoms with van der Waals surface area (Å²) in [4.78, 5) is 16.4. The maximum absolute atomic E-state index is 12.6. The van der Waals surface area contributed by atoms with E-state index in [1.54, 1.807) is 13.4 Å². The predicted molar refractivity (Wildman–Crippen MR) is 121 cm³/mol. The molecule has 6 heteroatoms. The number of carbonyl (C=O) groups is 1. The Labute approximate surface area is 183 Å². The zero-order valence-corrected chi connectivity index (χ0v) is 17.9. The van der Waals surface area contributed by atoms with Crippen LogP contribution in [0.15, 0.2) is 77.4 Å². The molecule has 162 valence electrons. The molecule has 31 heavy (non-hydrogen) atoms. The third-order valence-corrected chi connectivity index (χ3v) is 5.93. The molecule has 0 aliphatic carbocycles. The Kier molecular flexibility index (Phi) is 6.89. The number of benzene rings is 2. The molecular weight excluding hydrogens is 390 g/mol. The van der Waals surface area contributed by atoms with E-state index in [1.165, 1.54) is 10.6 Å². The SMILES string of the molecule is COc1ccc(CC(=O)NC[C@@H](c2ccco2)[NH+]2CCN(c3ccccc3)CC2)cc1. The molecule has 1 fully saturated rings. The number of para-hydroxylation sites is 1. The standard InChI is InChI=1S/C25H29N3O3/c1-30-22-11-9-20(10-12-22)18-25(29)26-19-23(24-8-5-17-31-24)28-15-13-27(14-16-28)21-6-3-2-4-7-21/h2-12,17,23H,13-16,18-19H2,1H3,(H,26,29)/p+1/t23-/m0/s1. The van der Waals surface area contributed by atoms with Gasteiger partial charge in [-0.1, -0.05) is 30.3 Å². The molecule has 1 atom stereocenters. The predicted octanol–water partition coefficient (Wildman–Crippen LogP) is 2.09. The Balaban J connectivity index is 1.34. The summed E-state index contributed by atoms with van der Waals surface area (Å²) in [6.07, 6.45) is 2.06. The second kappa shape index (κ2) is 10.2. The van der Waals surface area contributed by atoms with E-state index in [9.17, 15) is 4.79 Å². The molecular formula is C25H30N3O3+. The Morgan fingerprint density at radius 2 is 1.81 bits per heavy atom. The van der Waals surface area contributed by atoms with Crippen molar-refractivity contribution in [2.75, 3.05) is 44.7 Å². The van der Waals surface area contributed by atoms with Crippen molar-refractivity contribution in [3.8, 4) is 5.75 Å². The summed E-state index contributed by atoms with van der Waals surface area (Å²) in [6.45, 7) is 4.51. The number of nitrogens with one attached hydrogen (secondary N) is 2. The molecule has 2 N–H and O–H groups in total. The van der Waals surface area contributed by atoms with Gasteiger partial charge in [-0.05, 0) is 42.0 Å². The lowest BCUT2D eigenvalue weighted by atomic mass is 10.1. The lowest BCUT2D eigenvalue weighted by Gasteiger charge is -2.37. The number of piperazine rings is 1. The second-order valence-corrected chi connectivity index (χ2v) is 7.88. The summed E-state index contributed by atoms with van der Waals surface area (Å²) in [5.74, 6) is 1.73. The Morgan fingerprint density at radius 1 is 1.06 bits per heavy atom. The number of quaternary nitrogens is 1. The number of hydrogen-bond acceptors (Lipinski definition) is 4. The van der Waals surface area contributed by atoms with Gasteiger partial charge in [0.15, 0.2) is 11.8 Å². The fourth-order valence-corrected chi connectivity index (χ4v) is 4.18. The molecule has 0 bridgehead atoms. The van der Waals surface area contributed by atoms with E-state index >= 15 is 0 Å².